The first kappa shape index (κ1) is 15.3. The van der Waals surface area contributed by atoms with Crippen LogP contribution >= 0.6 is 23.5 Å². The summed E-state index contributed by atoms with van der Waals surface area (Å²) >= 11 is 3.34. The molecule has 0 aliphatic rings. The Morgan fingerprint density at radius 2 is 1.94 bits per heavy atom. The molecule has 1 atom stereocenters. The van der Waals surface area contributed by atoms with Crippen LogP contribution in [0.5, 0.6) is 0 Å². The Hall–Kier alpha value is -0.720. The van der Waals surface area contributed by atoms with E-state index in [1.54, 1.807) is 35.7 Å². The third kappa shape index (κ3) is 6.28. The maximum absolute atomic E-state index is 12.6. The van der Waals surface area contributed by atoms with Crippen LogP contribution in [-0.4, -0.2) is 34.4 Å². The van der Waals surface area contributed by atoms with Crippen molar-refractivity contribution in [3.05, 3.63) is 30.1 Å². The Balaban J connectivity index is 2.05. The van der Waals surface area contributed by atoms with Gasteiger partial charge >= 0.3 is 5.97 Å². The first-order valence-electron chi connectivity index (χ1n) is 5.54. The van der Waals surface area contributed by atoms with Gasteiger partial charge < -0.3 is 10.8 Å². The highest BCUT2D eigenvalue weighted by atomic mass is 32.2. The summed E-state index contributed by atoms with van der Waals surface area (Å²) in [4.78, 5) is 11.5. The third-order valence-electron chi connectivity index (χ3n) is 2.20. The fourth-order valence-electron chi connectivity index (χ4n) is 1.19. The lowest BCUT2D eigenvalue weighted by molar-refractivity contribution is -0.138. The molecule has 1 aromatic rings. The van der Waals surface area contributed by atoms with Crippen LogP contribution in [0.1, 0.15) is 6.42 Å². The van der Waals surface area contributed by atoms with Crippen molar-refractivity contribution in [1.82, 2.24) is 0 Å². The number of hydrogen-bond donors (Lipinski definition) is 2. The summed E-state index contributed by atoms with van der Waals surface area (Å²) in [6, 6.07) is 5.64. The fourth-order valence-corrected chi connectivity index (χ4v) is 3.18. The number of thioether (sulfide) groups is 2. The van der Waals surface area contributed by atoms with Gasteiger partial charge in [-0.05, 0) is 36.4 Å². The predicted molar refractivity (Wildman–Crippen MR) is 74.7 cm³/mol. The Morgan fingerprint density at radius 3 is 2.56 bits per heavy atom. The second-order valence-electron chi connectivity index (χ2n) is 3.65. The van der Waals surface area contributed by atoms with Crippen molar-refractivity contribution in [3.8, 4) is 0 Å². The molecule has 1 aromatic carbocycles. The van der Waals surface area contributed by atoms with Crippen LogP contribution in [0, 0.1) is 5.82 Å². The summed E-state index contributed by atoms with van der Waals surface area (Å²) in [5.74, 6) is 1.41. The Morgan fingerprint density at radius 1 is 1.28 bits per heavy atom. The van der Waals surface area contributed by atoms with Crippen molar-refractivity contribution in [2.45, 2.75) is 17.4 Å². The zero-order chi connectivity index (χ0) is 13.4. The molecule has 0 aromatic heterocycles. The van der Waals surface area contributed by atoms with Gasteiger partial charge in [0.2, 0.25) is 0 Å². The third-order valence-corrected chi connectivity index (χ3v) is 4.49. The van der Waals surface area contributed by atoms with E-state index in [-0.39, 0.29) is 5.82 Å². The van der Waals surface area contributed by atoms with Crippen LogP contribution in [0.3, 0.4) is 0 Å². The quantitative estimate of drug-likeness (QED) is 0.568. The number of aliphatic carboxylic acids is 1. The van der Waals surface area contributed by atoms with Gasteiger partial charge in [0.15, 0.2) is 0 Å². The lowest BCUT2D eigenvalue weighted by atomic mass is 10.2. The topological polar surface area (TPSA) is 63.3 Å². The minimum Gasteiger partial charge on any atom is -0.480 e. The molecule has 0 heterocycles. The number of nitrogens with two attached hydrogens (primary N) is 1. The largest absolute Gasteiger partial charge is 0.480 e. The molecule has 0 radical (unpaired) electrons. The minimum absolute atomic E-state index is 0.226. The Kier molecular flexibility index (Phi) is 7.15. The van der Waals surface area contributed by atoms with E-state index in [9.17, 15) is 9.18 Å². The molecule has 0 saturated heterocycles. The van der Waals surface area contributed by atoms with Gasteiger partial charge in [0.05, 0.1) is 0 Å². The molecular formula is C12H16FNO2S2. The molecule has 0 amide bonds. The lowest BCUT2D eigenvalue weighted by Crippen LogP contribution is -2.30. The minimum atomic E-state index is -0.948. The van der Waals surface area contributed by atoms with Gasteiger partial charge in [-0.3, -0.25) is 4.79 Å². The predicted octanol–water partition coefficient (Wildman–Crippen LogP) is 2.45. The molecule has 0 saturated carbocycles. The summed E-state index contributed by atoms with van der Waals surface area (Å²) in [5.41, 5.74) is 5.38. The van der Waals surface area contributed by atoms with Crippen molar-refractivity contribution in [1.29, 1.82) is 0 Å². The summed E-state index contributed by atoms with van der Waals surface area (Å²) in [6.07, 6.45) is 0.487. The second-order valence-corrected chi connectivity index (χ2v) is 6.04. The van der Waals surface area contributed by atoms with E-state index in [0.717, 1.165) is 22.2 Å². The van der Waals surface area contributed by atoms with Crippen molar-refractivity contribution >= 4 is 29.5 Å². The van der Waals surface area contributed by atoms with Crippen molar-refractivity contribution in [3.63, 3.8) is 0 Å². The van der Waals surface area contributed by atoms with Crippen molar-refractivity contribution < 1.29 is 14.3 Å². The van der Waals surface area contributed by atoms with Gasteiger partial charge in [0, 0.05) is 16.4 Å². The fraction of sp³-hybridized carbons (Fsp3) is 0.417. The van der Waals surface area contributed by atoms with E-state index in [1.165, 1.54) is 12.1 Å². The van der Waals surface area contributed by atoms with Crippen LogP contribution in [0.15, 0.2) is 29.2 Å². The zero-order valence-corrected chi connectivity index (χ0v) is 11.5. The van der Waals surface area contributed by atoms with Gasteiger partial charge in [0.25, 0.3) is 0 Å². The van der Waals surface area contributed by atoms with E-state index in [1.807, 2.05) is 0 Å². The number of carbonyl (C=O) groups is 1. The molecule has 0 spiro atoms. The molecule has 0 aliphatic heterocycles. The van der Waals surface area contributed by atoms with Crippen LogP contribution in [0.25, 0.3) is 0 Å². The highest BCUT2D eigenvalue weighted by Gasteiger charge is 2.09. The van der Waals surface area contributed by atoms with E-state index < -0.39 is 12.0 Å². The van der Waals surface area contributed by atoms with Crippen LogP contribution in [-0.2, 0) is 4.79 Å². The molecule has 100 valence electrons. The van der Waals surface area contributed by atoms with Gasteiger partial charge in [-0.1, -0.05) is 0 Å². The average molecular weight is 289 g/mol. The zero-order valence-electron chi connectivity index (χ0n) is 9.84. The van der Waals surface area contributed by atoms with Crippen LogP contribution in [0.2, 0.25) is 0 Å². The molecule has 3 N–H and O–H groups in total. The molecule has 0 bridgehead atoms. The molecule has 0 aliphatic carbocycles. The number of carboxylic acid groups (broad SMARTS) is 1. The highest BCUT2D eigenvalue weighted by molar-refractivity contribution is 8.02. The van der Waals surface area contributed by atoms with Crippen LogP contribution in [0.4, 0.5) is 4.39 Å². The highest BCUT2D eigenvalue weighted by Crippen LogP contribution is 2.19. The van der Waals surface area contributed by atoms with Gasteiger partial charge in [-0.2, -0.15) is 11.8 Å². The van der Waals surface area contributed by atoms with Gasteiger partial charge in [-0.15, -0.1) is 11.8 Å². The maximum atomic E-state index is 12.6. The average Bonchev–Trinajstić information content (AvgIpc) is 2.35. The second kappa shape index (κ2) is 8.39. The van der Waals surface area contributed by atoms with E-state index >= 15 is 0 Å². The number of halogens is 1. The summed E-state index contributed by atoms with van der Waals surface area (Å²) in [7, 11) is 0. The monoisotopic (exact) mass is 289 g/mol. The number of benzene rings is 1. The molecule has 6 heteroatoms. The van der Waals surface area contributed by atoms with Crippen molar-refractivity contribution in [2.24, 2.45) is 5.73 Å². The molecular weight excluding hydrogens is 273 g/mol. The van der Waals surface area contributed by atoms with E-state index in [4.69, 9.17) is 10.8 Å². The van der Waals surface area contributed by atoms with Gasteiger partial charge in [0.1, 0.15) is 11.9 Å². The van der Waals surface area contributed by atoms with Gasteiger partial charge in [-0.25, -0.2) is 4.39 Å². The normalized spacial score (nSPS) is 12.3. The summed E-state index contributed by atoms with van der Waals surface area (Å²) < 4.78 is 12.6. The SMILES string of the molecule is NC(CCSCCSc1ccc(F)cc1)C(=O)O. The summed E-state index contributed by atoms with van der Waals surface area (Å²) in [5, 5.41) is 8.59. The Bertz CT molecular complexity index is 373. The first-order chi connectivity index (χ1) is 8.59. The molecule has 0 fully saturated rings. The maximum Gasteiger partial charge on any atom is 0.320 e. The van der Waals surface area contributed by atoms with Crippen LogP contribution < -0.4 is 5.73 Å². The Labute approximate surface area is 114 Å². The number of carboxylic acids is 1. The van der Waals surface area contributed by atoms with E-state index in [0.29, 0.717) is 6.42 Å². The number of rotatable bonds is 8. The molecule has 18 heavy (non-hydrogen) atoms. The number of hydrogen-bond acceptors (Lipinski definition) is 4. The molecule has 3 nitrogen and oxygen atoms in total. The molecule has 1 rings (SSSR count). The smallest absolute Gasteiger partial charge is 0.320 e. The van der Waals surface area contributed by atoms with E-state index in [2.05, 4.69) is 0 Å². The van der Waals surface area contributed by atoms with Crippen molar-refractivity contribution in [2.75, 3.05) is 17.3 Å². The summed E-state index contributed by atoms with van der Waals surface area (Å²) in [6.45, 7) is 0. The standard InChI is InChI=1S/C12H16FNO2S2/c13-9-1-3-10(4-2-9)18-8-7-17-6-5-11(14)12(15)16/h1-4,11H,5-8,14H2,(H,15,16). The molecule has 1 unspecified atom stereocenters. The lowest BCUT2D eigenvalue weighted by Gasteiger charge is -2.05. The first-order valence-corrected chi connectivity index (χ1v) is 7.68.